The van der Waals surface area contributed by atoms with E-state index in [0.29, 0.717) is 24.4 Å². The van der Waals surface area contributed by atoms with Gasteiger partial charge in [0, 0.05) is 5.97 Å². The number of nitrogens with one attached hydrogen (secondary N) is 1. The van der Waals surface area contributed by atoms with Crippen molar-refractivity contribution in [2.45, 2.75) is 90.9 Å². The number of allylic oxidation sites excluding steroid dienone is 4. The van der Waals surface area contributed by atoms with E-state index in [1.807, 2.05) is 0 Å². The minimum absolute atomic E-state index is 0.0107. The molecule has 0 aliphatic carbocycles. The van der Waals surface area contributed by atoms with Gasteiger partial charge in [-0.15, -0.1) is 0 Å². The number of carboxylic acids is 1. The van der Waals surface area contributed by atoms with Crippen LogP contribution in [0.15, 0.2) is 24.3 Å². The van der Waals surface area contributed by atoms with Crippen LogP contribution in [-0.4, -0.2) is 48.4 Å². The second-order valence-corrected chi connectivity index (χ2v) is 7.45. The van der Waals surface area contributed by atoms with Crippen LogP contribution in [0.25, 0.3) is 0 Å². The minimum atomic E-state index is -1.08. The maximum atomic E-state index is 12.0. The lowest BCUT2D eigenvalue weighted by molar-refractivity contribution is -0.822. The highest BCUT2D eigenvalue weighted by Crippen LogP contribution is 2.07. The van der Waals surface area contributed by atoms with Gasteiger partial charge in [-0.2, -0.15) is 0 Å². The molecule has 0 rings (SSSR count). The van der Waals surface area contributed by atoms with Gasteiger partial charge in [-0.3, -0.25) is 4.90 Å². The molecule has 0 aliphatic heterocycles. The van der Waals surface area contributed by atoms with Crippen LogP contribution < -0.4 is 10.0 Å². The SMILES string of the molecule is CC(=O)[O-].CCCCCC=CCC=CCCCCCCCC(=O)[NH+](CCO)CCO. The van der Waals surface area contributed by atoms with Crippen molar-refractivity contribution >= 4 is 11.9 Å². The van der Waals surface area contributed by atoms with E-state index in [1.54, 1.807) is 0 Å². The third-order valence-electron chi connectivity index (χ3n) is 4.58. The number of aliphatic carboxylic acids is 1. The Kier molecular flexibility index (Phi) is 26.1. The third-order valence-corrected chi connectivity index (χ3v) is 4.58. The maximum absolute atomic E-state index is 12.0. The summed E-state index contributed by atoms with van der Waals surface area (Å²) < 4.78 is 0. The predicted molar refractivity (Wildman–Crippen MR) is 120 cm³/mol. The van der Waals surface area contributed by atoms with E-state index in [4.69, 9.17) is 20.1 Å². The average molecular weight is 428 g/mol. The molecule has 176 valence electrons. The van der Waals surface area contributed by atoms with Crippen molar-refractivity contribution in [1.29, 1.82) is 0 Å². The van der Waals surface area contributed by atoms with Crippen LogP contribution in [-0.2, 0) is 9.59 Å². The number of aliphatic hydroxyl groups is 2. The fourth-order valence-electron chi connectivity index (χ4n) is 2.95. The number of carbonyl (C=O) groups excluding carboxylic acids is 2. The molecule has 3 N–H and O–H groups in total. The van der Waals surface area contributed by atoms with E-state index in [-0.39, 0.29) is 19.1 Å². The third kappa shape index (κ3) is 26.5. The highest BCUT2D eigenvalue weighted by atomic mass is 16.4. The molecule has 0 atom stereocenters. The maximum Gasteiger partial charge on any atom is 0.312 e. The summed E-state index contributed by atoms with van der Waals surface area (Å²) in [5.41, 5.74) is 0. The summed E-state index contributed by atoms with van der Waals surface area (Å²) >= 11 is 0. The first kappa shape index (κ1) is 30.7. The zero-order valence-electron chi connectivity index (χ0n) is 19.2. The van der Waals surface area contributed by atoms with E-state index >= 15 is 0 Å². The van der Waals surface area contributed by atoms with Crippen molar-refractivity contribution in [3.63, 3.8) is 0 Å². The van der Waals surface area contributed by atoms with Crippen LogP contribution in [0.1, 0.15) is 90.9 Å². The fourth-order valence-corrected chi connectivity index (χ4v) is 2.95. The molecule has 0 saturated heterocycles. The normalized spacial score (nSPS) is 11.2. The van der Waals surface area contributed by atoms with E-state index in [1.165, 1.54) is 44.9 Å². The number of hydrogen-bond acceptors (Lipinski definition) is 5. The average Bonchev–Trinajstić information content (AvgIpc) is 2.70. The van der Waals surface area contributed by atoms with Gasteiger partial charge in [0.2, 0.25) is 0 Å². The molecule has 0 unspecified atom stereocenters. The number of rotatable bonds is 18. The largest absolute Gasteiger partial charge is 0.550 e. The topological polar surface area (TPSA) is 102 Å². The summed E-state index contributed by atoms with van der Waals surface area (Å²) in [4.78, 5) is 21.6. The molecule has 1 amide bonds. The van der Waals surface area contributed by atoms with Gasteiger partial charge >= 0.3 is 5.91 Å². The Bertz CT molecular complexity index is 439. The monoisotopic (exact) mass is 427 g/mol. The Labute approximate surface area is 183 Å². The van der Waals surface area contributed by atoms with E-state index in [2.05, 4.69) is 31.2 Å². The van der Waals surface area contributed by atoms with E-state index in [9.17, 15) is 4.79 Å². The van der Waals surface area contributed by atoms with Crippen LogP contribution in [0.3, 0.4) is 0 Å². The lowest BCUT2D eigenvalue weighted by atomic mass is 10.1. The van der Waals surface area contributed by atoms with E-state index < -0.39 is 5.97 Å². The molecule has 0 saturated carbocycles. The highest BCUT2D eigenvalue weighted by molar-refractivity contribution is 5.66. The molecule has 0 aromatic carbocycles. The molecule has 6 nitrogen and oxygen atoms in total. The number of aliphatic hydroxyl groups excluding tert-OH is 2. The number of unbranched alkanes of at least 4 members (excludes halogenated alkanes) is 8. The zero-order chi connectivity index (χ0) is 22.9. The van der Waals surface area contributed by atoms with Gasteiger partial charge in [-0.1, -0.05) is 63.3 Å². The molecule has 0 spiro atoms. The van der Waals surface area contributed by atoms with Crippen LogP contribution in [0.2, 0.25) is 0 Å². The summed E-state index contributed by atoms with van der Waals surface area (Å²) in [6.07, 6.45) is 22.6. The van der Waals surface area contributed by atoms with Gasteiger partial charge in [0.15, 0.2) is 0 Å². The molecule has 0 aromatic heterocycles. The molecule has 0 radical (unpaired) electrons. The Morgan fingerprint density at radius 2 is 1.27 bits per heavy atom. The van der Waals surface area contributed by atoms with Crippen molar-refractivity contribution in [3.8, 4) is 0 Å². The summed E-state index contributed by atoms with van der Waals surface area (Å²) in [7, 11) is 0. The zero-order valence-corrected chi connectivity index (χ0v) is 19.2. The predicted octanol–water partition coefficient (Wildman–Crippen LogP) is 1.95. The Balaban J connectivity index is 0. The number of carbonyl (C=O) groups is 2. The van der Waals surface area contributed by atoms with Crippen LogP contribution in [0, 0.1) is 0 Å². The first-order valence-corrected chi connectivity index (χ1v) is 11.6. The molecular weight excluding hydrogens is 382 g/mol. The highest BCUT2D eigenvalue weighted by Gasteiger charge is 2.17. The summed E-state index contributed by atoms with van der Waals surface area (Å²) in [6.45, 7) is 3.99. The Morgan fingerprint density at radius 3 is 1.77 bits per heavy atom. The second kappa shape index (κ2) is 25.5. The smallest absolute Gasteiger partial charge is 0.312 e. The van der Waals surface area contributed by atoms with Crippen LogP contribution in [0.4, 0.5) is 0 Å². The molecular formula is C24H45NO5. The van der Waals surface area contributed by atoms with Crippen LogP contribution >= 0.6 is 0 Å². The number of amides is 1. The number of quaternary nitrogens is 1. The number of carboxylic acid groups (broad SMARTS) is 1. The molecule has 0 heterocycles. The molecule has 0 aromatic rings. The van der Waals surface area contributed by atoms with Gasteiger partial charge in [-0.25, -0.2) is 4.79 Å². The first-order chi connectivity index (χ1) is 14.5. The summed E-state index contributed by atoms with van der Waals surface area (Å²) in [5.74, 6) is -0.959. The van der Waals surface area contributed by atoms with Crippen molar-refractivity contribution in [1.82, 2.24) is 0 Å². The standard InChI is InChI=1S/C22H41NO3.C2H4O2/c1-2-3-4-5-6-7-8-9-10-11-12-13-14-15-16-17-22(26)23(18-20-24)19-21-25;1-2(3)4/h6-7,9-10,24-25H,2-5,8,11-21H2,1H3;1H3,(H,3,4). The van der Waals surface area contributed by atoms with Gasteiger partial charge in [-0.05, 0) is 45.4 Å². The molecule has 0 aliphatic rings. The Morgan fingerprint density at radius 1 is 0.800 bits per heavy atom. The molecule has 0 fully saturated rings. The summed E-state index contributed by atoms with van der Waals surface area (Å²) in [6, 6.07) is 0. The fraction of sp³-hybridized carbons (Fsp3) is 0.750. The van der Waals surface area contributed by atoms with Crippen LogP contribution in [0.5, 0.6) is 0 Å². The quantitative estimate of drug-likeness (QED) is 0.229. The van der Waals surface area contributed by atoms with Crippen molar-refractivity contribution in [3.05, 3.63) is 24.3 Å². The summed E-state index contributed by atoms with van der Waals surface area (Å²) in [5, 5.41) is 26.8. The van der Waals surface area contributed by atoms with Gasteiger partial charge in [0.25, 0.3) is 0 Å². The molecule has 30 heavy (non-hydrogen) atoms. The van der Waals surface area contributed by atoms with Crippen molar-refractivity contribution in [2.24, 2.45) is 0 Å². The lowest BCUT2D eigenvalue weighted by Crippen LogP contribution is -3.15. The van der Waals surface area contributed by atoms with Gasteiger partial charge < -0.3 is 20.1 Å². The lowest BCUT2D eigenvalue weighted by Gasteiger charge is -2.14. The first-order valence-electron chi connectivity index (χ1n) is 11.6. The van der Waals surface area contributed by atoms with E-state index in [0.717, 1.165) is 32.6 Å². The van der Waals surface area contributed by atoms with Crippen molar-refractivity contribution in [2.75, 3.05) is 26.3 Å². The Hall–Kier alpha value is -1.50. The molecule has 6 heteroatoms. The second-order valence-electron chi connectivity index (χ2n) is 7.45. The minimum Gasteiger partial charge on any atom is -0.550 e. The van der Waals surface area contributed by atoms with Gasteiger partial charge in [0.1, 0.15) is 13.1 Å². The molecule has 0 bridgehead atoms. The number of hydrogen-bond donors (Lipinski definition) is 3. The van der Waals surface area contributed by atoms with Gasteiger partial charge in [0.05, 0.1) is 19.6 Å². The van der Waals surface area contributed by atoms with Crippen molar-refractivity contribution < 1.29 is 29.8 Å².